The highest BCUT2D eigenvalue weighted by molar-refractivity contribution is 7.80. The van der Waals surface area contributed by atoms with Gasteiger partial charge in [-0.1, -0.05) is 67.6 Å². The molecule has 0 radical (unpaired) electrons. The number of aromatic amines is 1. The number of nitrogens with zero attached hydrogens (tertiary/aromatic N) is 1. The van der Waals surface area contributed by atoms with Crippen LogP contribution in [0.5, 0.6) is 0 Å². The highest BCUT2D eigenvalue weighted by atomic mass is 32.1. The van der Waals surface area contributed by atoms with E-state index in [1.807, 2.05) is 66.4 Å². The third kappa shape index (κ3) is 5.06. The topological polar surface area (TPSA) is 48.1 Å². The number of pyridine rings is 1. The monoisotopic (exact) mass is 441 g/mol. The minimum atomic E-state index is -0.0834. The van der Waals surface area contributed by atoms with Crippen LogP contribution in [0.1, 0.15) is 29.2 Å². The van der Waals surface area contributed by atoms with Crippen LogP contribution in [0, 0.1) is 6.92 Å². The van der Waals surface area contributed by atoms with Gasteiger partial charge < -0.3 is 15.2 Å². The molecule has 0 aliphatic heterocycles. The Kier molecular flexibility index (Phi) is 6.66. The molecule has 4 nitrogen and oxygen atoms in total. The van der Waals surface area contributed by atoms with Crippen molar-refractivity contribution in [2.45, 2.75) is 33.4 Å². The first-order valence-electron chi connectivity index (χ1n) is 10.8. The van der Waals surface area contributed by atoms with E-state index < -0.39 is 0 Å². The lowest BCUT2D eigenvalue weighted by atomic mass is 10.1. The number of hydrogen-bond acceptors (Lipinski definition) is 2. The molecular formula is C27H27N3OS. The number of aromatic nitrogens is 1. The van der Waals surface area contributed by atoms with Crippen molar-refractivity contribution in [2.75, 3.05) is 5.32 Å². The molecule has 4 aromatic rings. The second-order valence-electron chi connectivity index (χ2n) is 7.99. The van der Waals surface area contributed by atoms with Gasteiger partial charge in [-0.15, -0.1) is 0 Å². The fourth-order valence-corrected chi connectivity index (χ4v) is 4.03. The predicted octanol–water partition coefficient (Wildman–Crippen LogP) is 5.80. The summed E-state index contributed by atoms with van der Waals surface area (Å²) in [6.45, 7) is 5.15. The summed E-state index contributed by atoms with van der Waals surface area (Å²) in [7, 11) is 0. The smallest absolute Gasteiger partial charge is 0.253 e. The Morgan fingerprint density at radius 3 is 2.41 bits per heavy atom. The largest absolute Gasteiger partial charge is 0.340 e. The van der Waals surface area contributed by atoms with Crippen LogP contribution >= 0.6 is 12.2 Å². The molecule has 32 heavy (non-hydrogen) atoms. The molecule has 0 fully saturated rings. The lowest BCUT2D eigenvalue weighted by Crippen LogP contribution is -2.35. The molecule has 2 N–H and O–H groups in total. The normalized spacial score (nSPS) is 10.8. The SMILES string of the molecule is CCc1ccc(NC(=S)N(Cc2ccccc2)Cc2cc3cccc(C)c3[nH]c2=O)cc1. The van der Waals surface area contributed by atoms with E-state index in [0.717, 1.165) is 34.1 Å². The molecule has 0 saturated heterocycles. The Hall–Kier alpha value is -3.44. The average Bonchev–Trinajstić information content (AvgIpc) is 2.81. The summed E-state index contributed by atoms with van der Waals surface area (Å²) < 4.78 is 0. The van der Waals surface area contributed by atoms with Crippen molar-refractivity contribution in [3.63, 3.8) is 0 Å². The van der Waals surface area contributed by atoms with E-state index in [2.05, 4.69) is 41.5 Å². The molecule has 0 unspecified atom stereocenters. The zero-order valence-electron chi connectivity index (χ0n) is 18.4. The molecule has 0 amide bonds. The van der Waals surface area contributed by atoms with Crippen molar-refractivity contribution >= 4 is 33.9 Å². The van der Waals surface area contributed by atoms with Gasteiger partial charge in [0.05, 0.1) is 12.1 Å². The molecule has 1 heterocycles. The third-order valence-corrected chi connectivity index (χ3v) is 6.00. The average molecular weight is 442 g/mol. The van der Waals surface area contributed by atoms with Crippen molar-refractivity contribution in [2.24, 2.45) is 0 Å². The maximum Gasteiger partial charge on any atom is 0.253 e. The zero-order chi connectivity index (χ0) is 22.5. The van der Waals surface area contributed by atoms with Crippen LogP contribution in [0.4, 0.5) is 5.69 Å². The highest BCUT2D eigenvalue weighted by Crippen LogP contribution is 2.18. The Balaban J connectivity index is 1.63. The number of aryl methyl sites for hydroxylation is 2. The fraction of sp³-hybridized carbons (Fsp3) is 0.185. The highest BCUT2D eigenvalue weighted by Gasteiger charge is 2.15. The molecule has 0 atom stereocenters. The summed E-state index contributed by atoms with van der Waals surface area (Å²) in [6, 6.07) is 26.4. The summed E-state index contributed by atoms with van der Waals surface area (Å²) >= 11 is 5.78. The van der Waals surface area contributed by atoms with Crippen LogP contribution in [0.3, 0.4) is 0 Å². The molecule has 3 aromatic carbocycles. The van der Waals surface area contributed by atoms with Crippen molar-refractivity contribution in [3.05, 3.63) is 111 Å². The van der Waals surface area contributed by atoms with E-state index in [1.54, 1.807) is 0 Å². The van der Waals surface area contributed by atoms with Gasteiger partial charge in [-0.25, -0.2) is 0 Å². The first-order valence-corrected chi connectivity index (χ1v) is 11.2. The van der Waals surface area contributed by atoms with Crippen molar-refractivity contribution in [1.29, 1.82) is 0 Å². The lowest BCUT2D eigenvalue weighted by molar-refractivity contribution is 0.411. The van der Waals surface area contributed by atoms with Crippen LogP contribution in [-0.4, -0.2) is 15.0 Å². The summed E-state index contributed by atoms with van der Waals surface area (Å²) in [4.78, 5) is 18.0. The number of anilines is 1. The fourth-order valence-electron chi connectivity index (χ4n) is 3.78. The van der Waals surface area contributed by atoms with Gasteiger partial charge in [0.2, 0.25) is 0 Å². The molecule has 0 saturated carbocycles. The van der Waals surface area contributed by atoms with E-state index >= 15 is 0 Å². The van der Waals surface area contributed by atoms with Gasteiger partial charge in [0.1, 0.15) is 0 Å². The number of benzene rings is 3. The minimum absolute atomic E-state index is 0.0834. The molecule has 1 aromatic heterocycles. The minimum Gasteiger partial charge on any atom is -0.340 e. The van der Waals surface area contributed by atoms with Gasteiger partial charge in [-0.2, -0.15) is 0 Å². The Labute approximate surface area is 193 Å². The molecular weight excluding hydrogens is 414 g/mol. The van der Waals surface area contributed by atoms with Crippen LogP contribution in [0.2, 0.25) is 0 Å². The Bertz CT molecular complexity index is 1280. The molecule has 5 heteroatoms. The van der Waals surface area contributed by atoms with E-state index in [4.69, 9.17) is 12.2 Å². The second kappa shape index (κ2) is 9.79. The number of fused-ring (bicyclic) bond motifs is 1. The van der Waals surface area contributed by atoms with E-state index in [1.165, 1.54) is 5.56 Å². The first kappa shape index (κ1) is 21.8. The molecule has 162 valence electrons. The molecule has 0 spiro atoms. The number of nitrogens with one attached hydrogen (secondary N) is 2. The maximum atomic E-state index is 12.9. The van der Waals surface area contributed by atoms with E-state index in [0.29, 0.717) is 23.8 Å². The summed E-state index contributed by atoms with van der Waals surface area (Å²) in [5, 5.41) is 4.95. The van der Waals surface area contributed by atoms with E-state index in [9.17, 15) is 4.79 Å². The standard InChI is InChI=1S/C27H27N3OS/c1-3-20-12-14-24(15-13-20)28-27(32)30(17-21-9-5-4-6-10-21)18-23-16-22-11-7-8-19(2)25(22)29-26(23)31/h4-16H,3,17-18H2,1-2H3,(H,28,32)(H,29,31). The van der Waals surface area contributed by atoms with Gasteiger partial charge >= 0.3 is 0 Å². The number of hydrogen-bond donors (Lipinski definition) is 2. The number of rotatable bonds is 6. The Morgan fingerprint density at radius 1 is 0.938 bits per heavy atom. The third-order valence-electron chi connectivity index (χ3n) is 5.64. The molecule has 0 bridgehead atoms. The van der Waals surface area contributed by atoms with Gasteiger partial charge in [-0.05, 0) is 65.8 Å². The van der Waals surface area contributed by atoms with Crippen LogP contribution in [0.25, 0.3) is 10.9 Å². The number of H-pyrrole nitrogens is 1. The van der Waals surface area contributed by atoms with Crippen molar-refractivity contribution in [3.8, 4) is 0 Å². The van der Waals surface area contributed by atoms with Gasteiger partial charge in [0, 0.05) is 17.8 Å². The molecule has 4 rings (SSSR count). The van der Waals surface area contributed by atoms with Crippen LogP contribution in [-0.2, 0) is 19.5 Å². The van der Waals surface area contributed by atoms with E-state index in [-0.39, 0.29) is 5.56 Å². The quantitative estimate of drug-likeness (QED) is 0.371. The van der Waals surface area contributed by atoms with Gasteiger partial charge in [-0.3, -0.25) is 4.79 Å². The second-order valence-corrected chi connectivity index (χ2v) is 8.37. The predicted molar refractivity (Wildman–Crippen MR) is 137 cm³/mol. The lowest BCUT2D eigenvalue weighted by Gasteiger charge is -2.26. The summed E-state index contributed by atoms with van der Waals surface area (Å²) in [5.41, 5.74) is 5.89. The van der Waals surface area contributed by atoms with Crippen molar-refractivity contribution in [1.82, 2.24) is 9.88 Å². The first-order chi connectivity index (χ1) is 15.5. The summed E-state index contributed by atoms with van der Waals surface area (Å²) in [6.07, 6.45) is 0.995. The van der Waals surface area contributed by atoms with Gasteiger partial charge in [0.25, 0.3) is 5.56 Å². The molecule has 0 aliphatic carbocycles. The maximum absolute atomic E-state index is 12.9. The van der Waals surface area contributed by atoms with Crippen molar-refractivity contribution < 1.29 is 0 Å². The summed E-state index contributed by atoms with van der Waals surface area (Å²) in [5.74, 6) is 0. The number of thiocarbonyl (C=S) groups is 1. The van der Waals surface area contributed by atoms with Gasteiger partial charge in [0.15, 0.2) is 5.11 Å². The Morgan fingerprint density at radius 2 is 1.69 bits per heavy atom. The van der Waals surface area contributed by atoms with Crippen LogP contribution < -0.4 is 10.9 Å². The van der Waals surface area contributed by atoms with Crippen LogP contribution in [0.15, 0.2) is 83.7 Å². The molecule has 0 aliphatic rings. The number of para-hydroxylation sites is 1. The zero-order valence-corrected chi connectivity index (χ0v) is 19.2.